The van der Waals surface area contributed by atoms with E-state index in [-0.39, 0.29) is 17.3 Å². The van der Waals surface area contributed by atoms with E-state index in [0.717, 1.165) is 11.1 Å². The van der Waals surface area contributed by atoms with Gasteiger partial charge in [0.2, 0.25) is 11.7 Å². The van der Waals surface area contributed by atoms with Crippen LogP contribution in [0.25, 0.3) is 11.4 Å². The van der Waals surface area contributed by atoms with E-state index >= 15 is 0 Å². The molecule has 2 aromatic rings. The number of nitrogens with one attached hydrogen (secondary N) is 1. The summed E-state index contributed by atoms with van der Waals surface area (Å²) in [6.07, 6.45) is 0.660. The van der Waals surface area contributed by atoms with Crippen molar-refractivity contribution < 1.29 is 8.91 Å². The maximum atomic E-state index is 13.1. The van der Waals surface area contributed by atoms with Gasteiger partial charge in [-0.1, -0.05) is 25.9 Å². The normalized spacial score (nSPS) is 13.4. The molecule has 21 heavy (non-hydrogen) atoms. The fourth-order valence-corrected chi connectivity index (χ4v) is 2.34. The molecule has 0 saturated heterocycles. The highest BCUT2D eigenvalue weighted by atomic mass is 19.1. The van der Waals surface area contributed by atoms with Crippen LogP contribution in [0.15, 0.2) is 22.7 Å². The Kier molecular flexibility index (Phi) is 4.42. The van der Waals surface area contributed by atoms with Crippen molar-refractivity contribution in [2.24, 2.45) is 5.41 Å². The third kappa shape index (κ3) is 3.67. The second-order valence-corrected chi connectivity index (χ2v) is 6.38. The average Bonchev–Trinajstić information content (AvgIpc) is 2.82. The zero-order valence-electron chi connectivity index (χ0n) is 13.2. The first-order valence-electron chi connectivity index (χ1n) is 7.07. The number of hydrogen-bond acceptors (Lipinski definition) is 4. The van der Waals surface area contributed by atoms with Gasteiger partial charge in [-0.25, -0.2) is 4.39 Å². The fraction of sp³-hybridized carbons (Fsp3) is 0.500. The van der Waals surface area contributed by atoms with Crippen molar-refractivity contribution in [2.45, 2.75) is 40.2 Å². The smallest absolute Gasteiger partial charge is 0.228 e. The third-order valence-electron chi connectivity index (χ3n) is 3.67. The van der Waals surface area contributed by atoms with Gasteiger partial charge >= 0.3 is 0 Å². The van der Waals surface area contributed by atoms with Gasteiger partial charge in [0.15, 0.2) is 0 Å². The van der Waals surface area contributed by atoms with E-state index in [1.807, 2.05) is 14.0 Å². The topological polar surface area (TPSA) is 51.0 Å². The molecule has 0 aliphatic rings. The SMILES string of the molecule is CNC(Cc1nc(-c2ccc(F)cc2C)no1)C(C)(C)C. The second kappa shape index (κ2) is 5.93. The maximum Gasteiger partial charge on any atom is 0.228 e. The van der Waals surface area contributed by atoms with Crippen LogP contribution in [0.2, 0.25) is 0 Å². The van der Waals surface area contributed by atoms with Gasteiger partial charge in [0.1, 0.15) is 5.82 Å². The molecule has 1 aromatic heterocycles. The summed E-state index contributed by atoms with van der Waals surface area (Å²) in [5, 5.41) is 7.29. The first kappa shape index (κ1) is 15.6. The monoisotopic (exact) mass is 291 g/mol. The Labute approximate surface area is 124 Å². The van der Waals surface area contributed by atoms with Gasteiger partial charge in [-0.05, 0) is 43.1 Å². The molecule has 5 heteroatoms. The van der Waals surface area contributed by atoms with Gasteiger partial charge in [0, 0.05) is 18.0 Å². The van der Waals surface area contributed by atoms with Crippen molar-refractivity contribution in [1.82, 2.24) is 15.5 Å². The molecule has 1 heterocycles. The van der Waals surface area contributed by atoms with Gasteiger partial charge < -0.3 is 9.84 Å². The molecule has 1 unspecified atom stereocenters. The Hall–Kier alpha value is -1.75. The lowest BCUT2D eigenvalue weighted by atomic mass is 9.85. The number of nitrogens with zero attached hydrogens (tertiary/aromatic N) is 2. The number of rotatable bonds is 4. The van der Waals surface area contributed by atoms with Gasteiger partial charge in [0.05, 0.1) is 0 Å². The highest BCUT2D eigenvalue weighted by Gasteiger charge is 2.25. The largest absolute Gasteiger partial charge is 0.339 e. The van der Waals surface area contributed by atoms with Crippen molar-refractivity contribution in [1.29, 1.82) is 0 Å². The molecular weight excluding hydrogens is 269 g/mol. The summed E-state index contributed by atoms with van der Waals surface area (Å²) in [4.78, 5) is 4.43. The number of aromatic nitrogens is 2. The van der Waals surface area contributed by atoms with E-state index in [2.05, 4.69) is 36.2 Å². The molecule has 0 fully saturated rings. The van der Waals surface area contributed by atoms with Gasteiger partial charge in [-0.3, -0.25) is 0 Å². The summed E-state index contributed by atoms with van der Waals surface area (Å²) < 4.78 is 18.5. The molecule has 0 aliphatic carbocycles. The van der Waals surface area contributed by atoms with Crippen LogP contribution in [0.1, 0.15) is 32.2 Å². The van der Waals surface area contributed by atoms with Crippen molar-refractivity contribution in [2.75, 3.05) is 7.05 Å². The Morgan fingerprint density at radius 3 is 2.62 bits per heavy atom. The lowest BCUT2D eigenvalue weighted by Gasteiger charge is -2.29. The minimum atomic E-state index is -0.261. The minimum Gasteiger partial charge on any atom is -0.339 e. The van der Waals surface area contributed by atoms with E-state index in [0.29, 0.717) is 18.1 Å². The lowest BCUT2D eigenvalue weighted by molar-refractivity contribution is 0.255. The van der Waals surface area contributed by atoms with E-state index in [1.165, 1.54) is 12.1 Å². The predicted molar refractivity (Wildman–Crippen MR) is 80.4 cm³/mol. The Bertz CT molecular complexity index is 616. The van der Waals surface area contributed by atoms with Crippen LogP contribution in [0.3, 0.4) is 0 Å². The molecule has 4 nitrogen and oxygen atoms in total. The van der Waals surface area contributed by atoms with Crippen LogP contribution < -0.4 is 5.32 Å². The summed E-state index contributed by atoms with van der Waals surface area (Å²) >= 11 is 0. The quantitative estimate of drug-likeness (QED) is 0.938. The number of likely N-dealkylation sites (N-methyl/N-ethyl adjacent to an activating group) is 1. The molecule has 0 spiro atoms. The van der Waals surface area contributed by atoms with Crippen molar-refractivity contribution in [3.8, 4) is 11.4 Å². The molecule has 0 amide bonds. The van der Waals surface area contributed by atoms with E-state index in [1.54, 1.807) is 6.07 Å². The number of halogens is 1. The first-order chi connectivity index (χ1) is 9.81. The van der Waals surface area contributed by atoms with Crippen LogP contribution in [0.4, 0.5) is 4.39 Å². The molecule has 1 aromatic carbocycles. The molecule has 0 saturated carbocycles. The summed E-state index contributed by atoms with van der Waals surface area (Å²) in [5.74, 6) is 0.831. The van der Waals surface area contributed by atoms with Gasteiger partial charge in [-0.2, -0.15) is 4.98 Å². The summed E-state index contributed by atoms with van der Waals surface area (Å²) in [7, 11) is 1.93. The van der Waals surface area contributed by atoms with E-state index < -0.39 is 0 Å². The van der Waals surface area contributed by atoms with Crippen LogP contribution >= 0.6 is 0 Å². The van der Waals surface area contributed by atoms with E-state index in [9.17, 15) is 4.39 Å². The molecule has 0 bridgehead atoms. The molecule has 2 rings (SSSR count). The van der Waals surface area contributed by atoms with Crippen LogP contribution in [-0.2, 0) is 6.42 Å². The predicted octanol–water partition coefficient (Wildman–Crippen LogP) is 3.36. The second-order valence-electron chi connectivity index (χ2n) is 6.38. The van der Waals surface area contributed by atoms with Crippen molar-refractivity contribution >= 4 is 0 Å². The van der Waals surface area contributed by atoms with E-state index in [4.69, 9.17) is 4.52 Å². The zero-order valence-corrected chi connectivity index (χ0v) is 13.2. The zero-order chi connectivity index (χ0) is 15.6. The number of aryl methyl sites for hydroxylation is 1. The van der Waals surface area contributed by atoms with Crippen molar-refractivity contribution in [3.63, 3.8) is 0 Å². The molecule has 1 atom stereocenters. The fourth-order valence-electron chi connectivity index (χ4n) is 2.34. The molecule has 1 N–H and O–H groups in total. The first-order valence-corrected chi connectivity index (χ1v) is 7.07. The Morgan fingerprint density at radius 2 is 2.05 bits per heavy atom. The number of benzene rings is 1. The van der Waals surface area contributed by atoms with Crippen molar-refractivity contribution in [3.05, 3.63) is 35.5 Å². The van der Waals surface area contributed by atoms with Crippen LogP contribution in [-0.4, -0.2) is 23.2 Å². The Morgan fingerprint density at radius 1 is 1.33 bits per heavy atom. The molecule has 0 radical (unpaired) electrons. The summed E-state index contributed by atoms with van der Waals surface area (Å²) in [6, 6.07) is 4.79. The summed E-state index contributed by atoms with van der Waals surface area (Å²) in [6.45, 7) is 8.32. The molecule has 0 aliphatic heterocycles. The highest BCUT2D eigenvalue weighted by Crippen LogP contribution is 2.24. The van der Waals surface area contributed by atoms with Gasteiger partial charge in [0.25, 0.3) is 0 Å². The minimum absolute atomic E-state index is 0.0924. The Balaban J connectivity index is 2.22. The average molecular weight is 291 g/mol. The van der Waals surface area contributed by atoms with Gasteiger partial charge in [-0.15, -0.1) is 0 Å². The summed E-state index contributed by atoms with van der Waals surface area (Å²) in [5.41, 5.74) is 1.68. The standard InChI is InChI=1S/C16H22FN3O/c1-10-8-11(17)6-7-12(10)15-19-14(21-20-15)9-13(18-5)16(2,3)4/h6-8,13,18H,9H2,1-5H3. The number of hydrogen-bond donors (Lipinski definition) is 1. The lowest BCUT2D eigenvalue weighted by Crippen LogP contribution is -2.39. The highest BCUT2D eigenvalue weighted by molar-refractivity contribution is 5.59. The molecule has 114 valence electrons. The van der Waals surface area contributed by atoms with Crippen LogP contribution in [0, 0.1) is 18.2 Å². The third-order valence-corrected chi connectivity index (χ3v) is 3.67. The maximum absolute atomic E-state index is 13.1. The molecular formula is C16H22FN3O. The van der Waals surface area contributed by atoms with Crippen LogP contribution in [0.5, 0.6) is 0 Å².